The molecular formula is C90H172N8O16. The molecule has 0 aliphatic carbocycles. The highest BCUT2D eigenvalue weighted by molar-refractivity contribution is 5.81. The predicted octanol–water partition coefficient (Wildman–Crippen LogP) is 15.5. The van der Waals surface area contributed by atoms with Crippen LogP contribution in [0, 0.1) is 0 Å². The van der Waals surface area contributed by atoms with Gasteiger partial charge in [-0.05, 0) is 261 Å². The zero-order valence-corrected chi connectivity index (χ0v) is 77.5. The number of unbranched alkanes of at least 4 members (excludes halogenated alkanes) is 17. The maximum Gasteiger partial charge on any atom is 0.325 e. The van der Waals surface area contributed by atoms with Gasteiger partial charge < -0.3 is 37.9 Å². The van der Waals surface area contributed by atoms with E-state index in [0.717, 1.165) is 167 Å². The molecule has 0 unspecified atom stereocenters. The zero-order chi connectivity index (χ0) is 89.6. The largest absolute Gasteiger partial charge is 0.468 e. The van der Waals surface area contributed by atoms with Crippen molar-refractivity contribution in [3.63, 3.8) is 0 Å². The molecule has 668 valence electrons. The Morgan fingerprint density at radius 1 is 0.246 bits per heavy atom. The van der Waals surface area contributed by atoms with E-state index in [0.29, 0.717) is 6.42 Å². The van der Waals surface area contributed by atoms with Crippen LogP contribution in [-0.2, 0) is 76.3 Å². The number of hydrogen-bond acceptors (Lipinski definition) is 24. The molecule has 24 heteroatoms. The van der Waals surface area contributed by atoms with E-state index in [4.69, 9.17) is 28.4 Å². The summed E-state index contributed by atoms with van der Waals surface area (Å²) in [6.07, 6.45) is 47.7. The number of nitrogens with zero attached hydrogens (tertiary/aromatic N) is 8. The quantitative estimate of drug-likeness (QED) is 0.0238. The molecule has 0 aromatic heterocycles. The van der Waals surface area contributed by atoms with Crippen LogP contribution in [0.15, 0.2) is 101 Å². The third-order valence-electron chi connectivity index (χ3n) is 19.3. The van der Waals surface area contributed by atoms with Crippen molar-refractivity contribution in [2.45, 2.75) is 267 Å². The lowest BCUT2D eigenvalue weighted by Crippen LogP contribution is -2.49. The number of hydrogen-bond donors (Lipinski definition) is 0. The van der Waals surface area contributed by atoms with Crippen LogP contribution >= 0.6 is 0 Å². The third-order valence-corrected chi connectivity index (χ3v) is 19.3. The molecule has 0 radical (unpaired) electrons. The number of esters is 8. The van der Waals surface area contributed by atoms with Crippen molar-refractivity contribution in [2.75, 3.05) is 170 Å². The second-order valence-electron chi connectivity index (χ2n) is 29.9. The Labute approximate surface area is 697 Å². The van der Waals surface area contributed by atoms with Gasteiger partial charge >= 0.3 is 47.8 Å². The highest BCUT2D eigenvalue weighted by Crippen LogP contribution is 2.24. The number of ether oxygens (including phenoxy) is 8. The Bertz CT molecular complexity index is 2490. The lowest BCUT2D eigenvalue weighted by atomic mass is 9.92. The maximum absolute atomic E-state index is 11.8. The monoisotopic (exact) mass is 1620 g/mol. The Kier molecular flexibility index (Phi) is 89.4. The Balaban J connectivity index is -0.000000188. The van der Waals surface area contributed by atoms with Gasteiger partial charge in [-0.15, -0.1) is 52.6 Å². The first kappa shape index (κ1) is 123. The van der Waals surface area contributed by atoms with Gasteiger partial charge in [0, 0.05) is 0 Å². The standard InChI is InChI=1S/C14H27NO2.2C13H25NO2.C12H23NO2.C11H21NO2.C10H19NO2.C9H17NO2.C8H15NO2/c1-6-7-8-9-10-11-12-14(2,15(3)4)13(16)17-5;1-6-7-8-9-10-11-13(2,14(3)4)12(15)16-5;1-5-6-7-8-9-10-11-12(14(2)3)13(15)16-4;1-5-6-7-8-9-10-11(13(2)3)12(14)15-4;1-5-6-7-8-9-10(12(2)3)11(13)14-4;1-5-6-7-8-9(11(2)3)10(12)13-4;1-5-6-7-8(10(2)3)9(11)12-4;1-5-6-7(9(2)3)8(10)11-4/h6H,1,7-12H2,2-5H3;6H,1,7-11H2,2-5H3;5,12H,1,6-11H2,2-4H3;5,11H,1,6-10H2,2-4H3;5,10H,1,6-9H2,2-4H3;5,9H,1,6-8H2,2-4H3;5,8H,1,6-7H2,2-4H3;5,7H,1,6H2,2-4H3/t14-;13-;12-;11-;10-;9-;8-;7-/m00000000/s1. The zero-order valence-electron chi connectivity index (χ0n) is 77.5. The summed E-state index contributed by atoms with van der Waals surface area (Å²) in [5.41, 5.74) is -0.990. The molecule has 0 amide bonds. The lowest BCUT2D eigenvalue weighted by molar-refractivity contribution is -0.154. The van der Waals surface area contributed by atoms with E-state index in [1.54, 1.807) is 12.2 Å². The van der Waals surface area contributed by atoms with Crippen molar-refractivity contribution in [2.24, 2.45) is 0 Å². The van der Waals surface area contributed by atoms with Gasteiger partial charge in [-0.3, -0.25) is 77.6 Å². The van der Waals surface area contributed by atoms with Gasteiger partial charge in [0.25, 0.3) is 0 Å². The van der Waals surface area contributed by atoms with E-state index >= 15 is 0 Å². The summed E-state index contributed by atoms with van der Waals surface area (Å²) in [5.74, 6) is -1.26. The molecule has 0 heterocycles. The van der Waals surface area contributed by atoms with Crippen molar-refractivity contribution >= 4 is 47.8 Å². The minimum atomic E-state index is -0.497. The van der Waals surface area contributed by atoms with Crippen molar-refractivity contribution in [3.8, 4) is 0 Å². The molecule has 0 aromatic carbocycles. The molecule has 8 atom stereocenters. The first-order valence-electron chi connectivity index (χ1n) is 40.6. The van der Waals surface area contributed by atoms with Crippen LogP contribution in [0.3, 0.4) is 0 Å². The van der Waals surface area contributed by atoms with Gasteiger partial charge in [-0.25, -0.2) is 0 Å². The van der Waals surface area contributed by atoms with E-state index in [-0.39, 0.29) is 84.0 Å². The summed E-state index contributed by atoms with van der Waals surface area (Å²) in [4.78, 5) is 106. The number of rotatable bonds is 56. The summed E-state index contributed by atoms with van der Waals surface area (Å²) in [6.45, 7) is 33.1. The molecular weight excluding hydrogens is 1450 g/mol. The van der Waals surface area contributed by atoms with Crippen molar-refractivity contribution in [1.82, 2.24) is 39.2 Å². The minimum absolute atomic E-state index is 0.0931. The minimum Gasteiger partial charge on any atom is -0.468 e. The Morgan fingerprint density at radius 3 is 0.667 bits per heavy atom. The molecule has 0 saturated carbocycles. The van der Waals surface area contributed by atoms with Crippen LogP contribution in [0.25, 0.3) is 0 Å². The van der Waals surface area contributed by atoms with Gasteiger partial charge in [0.1, 0.15) is 47.3 Å². The second-order valence-corrected chi connectivity index (χ2v) is 29.9. The molecule has 0 saturated heterocycles. The fourth-order valence-corrected chi connectivity index (χ4v) is 11.1. The summed E-state index contributed by atoms with van der Waals surface area (Å²) in [6, 6.07) is -0.761. The molecule has 0 fully saturated rings. The summed E-state index contributed by atoms with van der Waals surface area (Å²) >= 11 is 0. The highest BCUT2D eigenvalue weighted by Gasteiger charge is 2.37. The molecule has 0 aromatic rings. The predicted molar refractivity (Wildman–Crippen MR) is 474 cm³/mol. The number of carbonyl (C=O) groups excluding carboxylic acids is 8. The second kappa shape index (κ2) is 82.9. The highest BCUT2D eigenvalue weighted by atomic mass is 16.6. The van der Waals surface area contributed by atoms with E-state index in [1.807, 2.05) is 202 Å². The summed E-state index contributed by atoms with van der Waals surface area (Å²) in [7, 11) is 41.7. The van der Waals surface area contributed by atoms with Gasteiger partial charge in [-0.1, -0.05) is 119 Å². The molecule has 0 bridgehead atoms. The van der Waals surface area contributed by atoms with E-state index in [2.05, 4.69) is 62.1 Å². The Hall–Kier alpha value is -6.64. The van der Waals surface area contributed by atoms with Crippen LogP contribution in [0.2, 0.25) is 0 Å². The molecule has 0 aliphatic heterocycles. The molecule has 114 heavy (non-hydrogen) atoms. The van der Waals surface area contributed by atoms with Crippen molar-refractivity contribution < 1.29 is 76.3 Å². The first-order valence-corrected chi connectivity index (χ1v) is 40.6. The fourth-order valence-electron chi connectivity index (χ4n) is 11.1. The van der Waals surface area contributed by atoms with Gasteiger partial charge in [0.2, 0.25) is 0 Å². The van der Waals surface area contributed by atoms with Gasteiger partial charge in [-0.2, -0.15) is 0 Å². The maximum atomic E-state index is 11.8. The van der Waals surface area contributed by atoms with Crippen molar-refractivity contribution in [3.05, 3.63) is 101 Å². The van der Waals surface area contributed by atoms with Crippen LogP contribution in [0.1, 0.15) is 219 Å². The van der Waals surface area contributed by atoms with E-state index in [9.17, 15) is 38.4 Å². The molecule has 24 nitrogen and oxygen atoms in total. The van der Waals surface area contributed by atoms with Crippen molar-refractivity contribution in [1.29, 1.82) is 0 Å². The van der Waals surface area contributed by atoms with Gasteiger partial charge in [0.15, 0.2) is 0 Å². The number of likely N-dealkylation sites (N-methyl/N-ethyl adjacent to an activating group) is 8. The topological polar surface area (TPSA) is 236 Å². The van der Waals surface area contributed by atoms with E-state index < -0.39 is 11.1 Å². The average molecular weight is 1620 g/mol. The summed E-state index contributed by atoms with van der Waals surface area (Å²) < 4.78 is 37.9. The third kappa shape index (κ3) is 66.5. The molecule has 0 rings (SSSR count). The average Bonchev–Trinajstić information content (AvgIpc) is 0.845. The fraction of sp³-hybridized carbons (Fsp3) is 0.733. The Morgan fingerprint density at radius 2 is 0.439 bits per heavy atom. The van der Waals surface area contributed by atoms with Crippen LogP contribution in [0.5, 0.6) is 0 Å². The SMILES string of the molecule is C=CCCCCCC[C@@H](C(=O)OC)N(C)C.C=CCCCCCC[C@@](C)(C(=O)OC)N(C)C.C=CCCCCC[C@@H](C(=O)OC)N(C)C.C=CCCCCC[C@@](C)(C(=O)OC)N(C)C.C=CCCCC[C@@H](C(=O)OC)N(C)C.C=CCCC[C@@H](C(=O)OC)N(C)C.C=CCC[C@@H](C(=O)OC)N(C)C.C=CC[C@@H](C(=O)OC)N(C)C. The number of carbonyl (C=O) groups is 8. The van der Waals surface area contributed by atoms with Crippen LogP contribution in [-0.4, -0.2) is 304 Å². The lowest BCUT2D eigenvalue weighted by Gasteiger charge is -2.33. The number of allylic oxidation sites excluding steroid dienone is 7. The first-order chi connectivity index (χ1) is 53.7. The number of methoxy groups -OCH3 is 8. The molecule has 0 aliphatic rings. The summed E-state index contributed by atoms with van der Waals surface area (Å²) in [5, 5.41) is 0. The molecule has 0 N–H and O–H groups in total. The van der Waals surface area contributed by atoms with Crippen LogP contribution < -0.4 is 0 Å². The molecule has 0 spiro atoms. The van der Waals surface area contributed by atoms with Crippen LogP contribution in [0.4, 0.5) is 0 Å². The van der Waals surface area contributed by atoms with Gasteiger partial charge in [0.05, 0.1) is 56.9 Å². The normalized spacial score (nSPS) is 13.1. The van der Waals surface area contributed by atoms with E-state index in [1.165, 1.54) is 89.0 Å². The smallest absolute Gasteiger partial charge is 0.325 e.